The summed E-state index contributed by atoms with van der Waals surface area (Å²) < 4.78 is 12.4. The Morgan fingerprint density at radius 3 is 3.14 bits per heavy atom. The SMILES string of the molecule is Cc1cc(OCCC2CCOC2)cc2c(=O)[nH]c(-c3cc4ccsc4cn3)nc12. The molecule has 1 fully saturated rings. The van der Waals surface area contributed by atoms with Gasteiger partial charge in [-0.2, -0.15) is 0 Å². The summed E-state index contributed by atoms with van der Waals surface area (Å²) in [7, 11) is 0. The average molecular weight is 407 g/mol. The monoisotopic (exact) mass is 407 g/mol. The number of hydrogen-bond acceptors (Lipinski definition) is 6. The Kier molecular flexibility index (Phi) is 4.77. The van der Waals surface area contributed by atoms with Gasteiger partial charge < -0.3 is 14.5 Å². The molecule has 7 heteroatoms. The van der Waals surface area contributed by atoms with Gasteiger partial charge in [-0.3, -0.25) is 9.78 Å². The molecule has 1 N–H and O–H groups in total. The maximum atomic E-state index is 12.8. The van der Waals surface area contributed by atoms with Gasteiger partial charge in [0.25, 0.3) is 5.56 Å². The van der Waals surface area contributed by atoms with E-state index in [0.29, 0.717) is 40.7 Å². The fourth-order valence-corrected chi connectivity index (χ4v) is 4.48. The summed E-state index contributed by atoms with van der Waals surface area (Å²) in [4.78, 5) is 24.8. The first-order chi connectivity index (χ1) is 14.2. The van der Waals surface area contributed by atoms with Crippen molar-refractivity contribution in [3.05, 3.63) is 51.8 Å². The average Bonchev–Trinajstić information content (AvgIpc) is 3.39. The van der Waals surface area contributed by atoms with Crippen molar-refractivity contribution in [2.24, 2.45) is 5.92 Å². The van der Waals surface area contributed by atoms with Gasteiger partial charge in [-0.15, -0.1) is 11.3 Å². The van der Waals surface area contributed by atoms with Crippen LogP contribution in [0.15, 0.2) is 40.6 Å². The minimum atomic E-state index is -0.185. The Labute approximate surface area is 171 Å². The Hall–Kier alpha value is -2.77. The topological polar surface area (TPSA) is 77.1 Å². The van der Waals surface area contributed by atoms with Crippen molar-refractivity contribution in [3.8, 4) is 17.3 Å². The van der Waals surface area contributed by atoms with Crippen LogP contribution in [0.5, 0.6) is 5.75 Å². The molecule has 1 saturated heterocycles. The molecule has 0 bridgehead atoms. The fraction of sp³-hybridized carbons (Fsp3) is 0.318. The van der Waals surface area contributed by atoms with E-state index in [0.717, 1.165) is 41.7 Å². The largest absolute Gasteiger partial charge is 0.494 e. The highest BCUT2D eigenvalue weighted by atomic mass is 32.1. The van der Waals surface area contributed by atoms with Gasteiger partial charge in [-0.05, 0) is 66.3 Å². The van der Waals surface area contributed by atoms with Crippen LogP contribution in [0.3, 0.4) is 0 Å². The van der Waals surface area contributed by atoms with E-state index < -0.39 is 0 Å². The highest BCUT2D eigenvalue weighted by molar-refractivity contribution is 7.17. The van der Waals surface area contributed by atoms with Crippen molar-refractivity contribution in [2.75, 3.05) is 19.8 Å². The summed E-state index contributed by atoms with van der Waals surface area (Å²) in [5, 5.41) is 3.65. The van der Waals surface area contributed by atoms with Gasteiger partial charge in [0.05, 0.1) is 22.2 Å². The number of benzene rings is 1. The zero-order valence-electron chi connectivity index (χ0n) is 16.1. The molecule has 0 radical (unpaired) electrons. The molecule has 1 atom stereocenters. The predicted molar refractivity (Wildman–Crippen MR) is 115 cm³/mol. The molecule has 0 spiro atoms. The summed E-state index contributed by atoms with van der Waals surface area (Å²) in [5.41, 5.74) is 2.06. The lowest BCUT2D eigenvalue weighted by Gasteiger charge is -2.11. The first-order valence-corrected chi connectivity index (χ1v) is 10.6. The lowest BCUT2D eigenvalue weighted by Crippen LogP contribution is -2.12. The van der Waals surface area contributed by atoms with Gasteiger partial charge >= 0.3 is 0 Å². The maximum Gasteiger partial charge on any atom is 0.259 e. The first kappa shape index (κ1) is 18.3. The number of rotatable bonds is 5. The van der Waals surface area contributed by atoms with Crippen molar-refractivity contribution < 1.29 is 9.47 Å². The first-order valence-electron chi connectivity index (χ1n) is 9.76. The second-order valence-electron chi connectivity index (χ2n) is 7.45. The number of hydrogen-bond donors (Lipinski definition) is 1. The molecule has 1 aliphatic heterocycles. The van der Waals surface area contributed by atoms with Crippen LogP contribution < -0.4 is 10.3 Å². The normalized spacial score (nSPS) is 16.7. The summed E-state index contributed by atoms with van der Waals surface area (Å²) in [5.74, 6) is 1.75. The third kappa shape index (κ3) is 3.63. The van der Waals surface area contributed by atoms with Gasteiger partial charge in [0, 0.05) is 19.4 Å². The van der Waals surface area contributed by atoms with Crippen molar-refractivity contribution in [3.63, 3.8) is 0 Å². The quantitative estimate of drug-likeness (QED) is 0.533. The third-order valence-corrected chi connectivity index (χ3v) is 6.24. The predicted octanol–water partition coefficient (Wildman–Crippen LogP) is 4.31. The van der Waals surface area contributed by atoms with E-state index >= 15 is 0 Å². The molecular formula is C22H21N3O3S. The van der Waals surface area contributed by atoms with Crippen LogP contribution in [0, 0.1) is 12.8 Å². The molecule has 0 saturated carbocycles. The minimum absolute atomic E-state index is 0.185. The van der Waals surface area contributed by atoms with Crippen LogP contribution in [-0.4, -0.2) is 34.8 Å². The Bertz CT molecular complexity index is 1240. The smallest absolute Gasteiger partial charge is 0.259 e. The van der Waals surface area contributed by atoms with Gasteiger partial charge in [-0.1, -0.05) is 0 Å². The summed E-state index contributed by atoms with van der Waals surface area (Å²) in [6.07, 6.45) is 3.87. The molecule has 5 rings (SSSR count). The number of aryl methyl sites for hydroxylation is 1. The third-order valence-electron chi connectivity index (χ3n) is 5.38. The molecule has 1 aromatic carbocycles. The van der Waals surface area contributed by atoms with Gasteiger partial charge in [0.2, 0.25) is 0 Å². The lowest BCUT2D eigenvalue weighted by molar-refractivity contribution is 0.178. The van der Waals surface area contributed by atoms with Crippen molar-refractivity contribution in [1.29, 1.82) is 0 Å². The second-order valence-corrected chi connectivity index (χ2v) is 8.39. The molecule has 29 heavy (non-hydrogen) atoms. The van der Waals surface area contributed by atoms with Gasteiger partial charge in [0.1, 0.15) is 11.4 Å². The highest BCUT2D eigenvalue weighted by Crippen LogP contribution is 2.26. The number of H-pyrrole nitrogens is 1. The molecule has 1 aliphatic rings. The summed E-state index contributed by atoms with van der Waals surface area (Å²) >= 11 is 1.64. The van der Waals surface area contributed by atoms with Crippen LogP contribution in [0.25, 0.3) is 32.5 Å². The zero-order valence-corrected chi connectivity index (χ0v) is 16.9. The Morgan fingerprint density at radius 2 is 2.28 bits per heavy atom. The highest BCUT2D eigenvalue weighted by Gasteiger charge is 2.16. The molecule has 148 valence electrons. The van der Waals surface area contributed by atoms with Crippen molar-refractivity contribution in [1.82, 2.24) is 15.0 Å². The van der Waals surface area contributed by atoms with Gasteiger partial charge in [0.15, 0.2) is 5.82 Å². The van der Waals surface area contributed by atoms with E-state index in [4.69, 9.17) is 14.5 Å². The maximum absolute atomic E-state index is 12.8. The number of ether oxygens (including phenoxy) is 2. The molecule has 0 aliphatic carbocycles. The Balaban J connectivity index is 1.45. The van der Waals surface area contributed by atoms with E-state index in [9.17, 15) is 4.79 Å². The standard InChI is InChI=1S/C22H21N3O3S/c1-13-8-16(28-6-3-14-2-5-27-12-14)10-17-20(13)24-21(25-22(17)26)18-9-15-4-7-29-19(15)11-23-18/h4,7-11,14H,2-3,5-6,12H2,1H3,(H,24,25,26). The van der Waals surface area contributed by atoms with E-state index in [1.54, 1.807) is 17.4 Å². The molecular weight excluding hydrogens is 386 g/mol. The number of aromatic amines is 1. The van der Waals surface area contributed by atoms with Crippen molar-refractivity contribution in [2.45, 2.75) is 19.8 Å². The number of thiophene rings is 1. The lowest BCUT2D eigenvalue weighted by atomic mass is 10.1. The van der Waals surface area contributed by atoms with E-state index in [1.807, 2.05) is 36.7 Å². The molecule has 0 amide bonds. The van der Waals surface area contributed by atoms with E-state index in [-0.39, 0.29) is 5.56 Å². The molecule has 4 heterocycles. The zero-order chi connectivity index (χ0) is 19.8. The number of pyridine rings is 1. The van der Waals surface area contributed by atoms with E-state index in [1.165, 1.54) is 0 Å². The fourth-order valence-electron chi connectivity index (χ4n) is 3.74. The number of nitrogens with zero attached hydrogens (tertiary/aromatic N) is 2. The number of nitrogens with one attached hydrogen (secondary N) is 1. The van der Waals surface area contributed by atoms with Gasteiger partial charge in [-0.25, -0.2) is 4.98 Å². The second kappa shape index (κ2) is 7.57. The van der Waals surface area contributed by atoms with Crippen LogP contribution in [0.2, 0.25) is 0 Å². The minimum Gasteiger partial charge on any atom is -0.494 e. The van der Waals surface area contributed by atoms with E-state index in [2.05, 4.69) is 9.97 Å². The Morgan fingerprint density at radius 1 is 1.34 bits per heavy atom. The van der Waals surface area contributed by atoms with Crippen LogP contribution >= 0.6 is 11.3 Å². The van der Waals surface area contributed by atoms with Crippen molar-refractivity contribution >= 4 is 32.3 Å². The number of fused-ring (bicyclic) bond motifs is 2. The van der Waals surface area contributed by atoms with Crippen LogP contribution in [-0.2, 0) is 4.74 Å². The number of aromatic nitrogens is 3. The summed E-state index contributed by atoms with van der Waals surface area (Å²) in [6, 6.07) is 7.71. The van der Waals surface area contributed by atoms with Crippen LogP contribution in [0.4, 0.5) is 0 Å². The molecule has 3 aromatic heterocycles. The molecule has 6 nitrogen and oxygen atoms in total. The molecule has 1 unspecified atom stereocenters. The summed E-state index contributed by atoms with van der Waals surface area (Å²) in [6.45, 7) is 4.23. The van der Waals surface area contributed by atoms with Crippen LogP contribution in [0.1, 0.15) is 18.4 Å². The molecule has 4 aromatic rings.